The van der Waals surface area contributed by atoms with Crippen molar-refractivity contribution in [2.75, 3.05) is 17.3 Å². The van der Waals surface area contributed by atoms with Crippen molar-refractivity contribution in [2.24, 2.45) is 0 Å². The monoisotopic (exact) mass is 350 g/mol. The van der Waals surface area contributed by atoms with Gasteiger partial charge in [-0.15, -0.1) is 0 Å². The maximum absolute atomic E-state index is 5.56. The normalized spacial score (nSPS) is 10.8. The van der Waals surface area contributed by atoms with Crippen LogP contribution in [0.5, 0.6) is 0 Å². The SMILES string of the molecule is Cc1ccc(N(C)C(=S)Nc2ccc3nc(C)c(C)nc3c2)cc1C. The molecular weight excluding hydrogens is 328 g/mol. The Morgan fingerprint density at radius 2 is 1.56 bits per heavy atom. The highest BCUT2D eigenvalue weighted by Gasteiger charge is 2.09. The maximum Gasteiger partial charge on any atom is 0.177 e. The summed E-state index contributed by atoms with van der Waals surface area (Å²) in [5, 5.41) is 3.93. The highest BCUT2D eigenvalue weighted by Crippen LogP contribution is 2.21. The fraction of sp³-hybridized carbons (Fsp3) is 0.250. The van der Waals surface area contributed by atoms with E-state index >= 15 is 0 Å². The van der Waals surface area contributed by atoms with E-state index in [1.165, 1.54) is 11.1 Å². The molecule has 5 heteroatoms. The summed E-state index contributed by atoms with van der Waals surface area (Å²) in [6, 6.07) is 12.3. The first-order valence-corrected chi connectivity index (χ1v) is 8.63. The Balaban J connectivity index is 1.83. The average molecular weight is 350 g/mol. The van der Waals surface area contributed by atoms with Gasteiger partial charge in [0, 0.05) is 18.4 Å². The summed E-state index contributed by atoms with van der Waals surface area (Å²) in [5.74, 6) is 0. The molecule has 0 atom stereocenters. The number of aryl methyl sites for hydroxylation is 4. The molecule has 2 aromatic carbocycles. The minimum absolute atomic E-state index is 0.638. The predicted octanol–water partition coefficient (Wildman–Crippen LogP) is 4.70. The van der Waals surface area contributed by atoms with E-state index in [1.807, 2.05) is 44.0 Å². The molecule has 0 bridgehead atoms. The molecule has 0 amide bonds. The highest BCUT2D eigenvalue weighted by molar-refractivity contribution is 7.80. The van der Waals surface area contributed by atoms with E-state index in [1.54, 1.807) is 0 Å². The summed E-state index contributed by atoms with van der Waals surface area (Å²) < 4.78 is 0. The molecule has 4 nitrogen and oxygen atoms in total. The zero-order valence-electron chi connectivity index (χ0n) is 15.2. The predicted molar refractivity (Wildman–Crippen MR) is 110 cm³/mol. The van der Waals surface area contributed by atoms with Gasteiger partial charge in [-0.05, 0) is 81.4 Å². The third-order valence-electron chi connectivity index (χ3n) is 4.51. The quantitative estimate of drug-likeness (QED) is 0.679. The molecule has 1 heterocycles. The number of benzene rings is 2. The number of nitrogens with zero attached hydrogens (tertiary/aromatic N) is 3. The van der Waals surface area contributed by atoms with Crippen LogP contribution in [0.15, 0.2) is 36.4 Å². The zero-order valence-corrected chi connectivity index (χ0v) is 16.0. The van der Waals surface area contributed by atoms with E-state index < -0.39 is 0 Å². The lowest BCUT2D eigenvalue weighted by Gasteiger charge is -2.22. The van der Waals surface area contributed by atoms with Gasteiger partial charge in [-0.2, -0.15) is 0 Å². The van der Waals surface area contributed by atoms with Gasteiger partial charge < -0.3 is 10.2 Å². The first-order chi connectivity index (χ1) is 11.8. The number of aromatic nitrogens is 2. The van der Waals surface area contributed by atoms with Gasteiger partial charge in [0.25, 0.3) is 0 Å². The average Bonchev–Trinajstić information content (AvgIpc) is 2.58. The second kappa shape index (κ2) is 6.76. The number of anilines is 2. The molecule has 128 valence electrons. The Morgan fingerprint density at radius 1 is 0.880 bits per heavy atom. The third kappa shape index (κ3) is 3.61. The number of thiocarbonyl (C=S) groups is 1. The second-order valence-corrected chi connectivity index (χ2v) is 6.74. The standard InChI is InChI=1S/C20H22N4S/c1-12-6-8-17(10-13(12)2)24(5)20(25)23-16-7-9-18-19(11-16)22-15(4)14(3)21-18/h6-11H,1-5H3,(H,23,25). The number of hydrogen-bond acceptors (Lipinski definition) is 3. The lowest BCUT2D eigenvalue weighted by Crippen LogP contribution is -2.30. The van der Waals surface area contributed by atoms with Gasteiger partial charge in [0.15, 0.2) is 5.11 Å². The number of rotatable bonds is 2. The van der Waals surface area contributed by atoms with Crippen LogP contribution < -0.4 is 10.2 Å². The summed E-state index contributed by atoms with van der Waals surface area (Å²) in [4.78, 5) is 11.1. The van der Waals surface area contributed by atoms with E-state index in [-0.39, 0.29) is 0 Å². The molecule has 25 heavy (non-hydrogen) atoms. The molecular formula is C20H22N4S. The van der Waals surface area contributed by atoms with Crippen LogP contribution in [-0.2, 0) is 0 Å². The van der Waals surface area contributed by atoms with Gasteiger partial charge >= 0.3 is 0 Å². The molecule has 0 fully saturated rings. The molecule has 3 aromatic rings. The summed E-state index contributed by atoms with van der Waals surface area (Å²) in [6.45, 7) is 8.16. The van der Waals surface area contributed by atoms with Crippen LogP contribution in [0.25, 0.3) is 11.0 Å². The molecule has 3 rings (SSSR count). The van der Waals surface area contributed by atoms with Gasteiger partial charge in [0.1, 0.15) is 0 Å². The number of nitrogens with one attached hydrogen (secondary N) is 1. The molecule has 0 spiro atoms. The maximum atomic E-state index is 5.56. The van der Waals surface area contributed by atoms with Crippen molar-refractivity contribution < 1.29 is 0 Å². The Bertz CT molecular complexity index is 965. The van der Waals surface area contributed by atoms with E-state index in [9.17, 15) is 0 Å². The van der Waals surface area contributed by atoms with Gasteiger partial charge in [0.2, 0.25) is 0 Å². The summed E-state index contributed by atoms with van der Waals surface area (Å²) in [7, 11) is 1.97. The highest BCUT2D eigenvalue weighted by atomic mass is 32.1. The molecule has 0 aliphatic rings. The second-order valence-electron chi connectivity index (χ2n) is 6.36. The Labute approximate surface area is 153 Å². The van der Waals surface area contributed by atoms with Crippen LogP contribution >= 0.6 is 12.2 Å². The summed E-state index contributed by atoms with van der Waals surface area (Å²) in [5.41, 5.74) is 8.15. The Morgan fingerprint density at radius 3 is 2.24 bits per heavy atom. The van der Waals surface area contributed by atoms with Crippen molar-refractivity contribution in [3.8, 4) is 0 Å². The molecule has 1 N–H and O–H groups in total. The molecule has 0 aliphatic heterocycles. The molecule has 0 aliphatic carbocycles. The van der Waals surface area contributed by atoms with Crippen molar-refractivity contribution >= 4 is 39.7 Å². The minimum Gasteiger partial charge on any atom is -0.332 e. The van der Waals surface area contributed by atoms with Crippen molar-refractivity contribution in [1.82, 2.24) is 9.97 Å². The van der Waals surface area contributed by atoms with E-state index in [2.05, 4.69) is 47.3 Å². The summed E-state index contributed by atoms with van der Waals surface area (Å²) >= 11 is 5.56. The number of hydrogen-bond donors (Lipinski definition) is 1. The van der Waals surface area contributed by atoms with Gasteiger partial charge in [-0.1, -0.05) is 6.07 Å². The number of fused-ring (bicyclic) bond motifs is 1. The van der Waals surface area contributed by atoms with Gasteiger partial charge in [0.05, 0.1) is 22.4 Å². The third-order valence-corrected chi connectivity index (χ3v) is 4.88. The van der Waals surface area contributed by atoms with Crippen molar-refractivity contribution in [2.45, 2.75) is 27.7 Å². The molecule has 0 radical (unpaired) electrons. The molecule has 0 saturated carbocycles. The Hall–Kier alpha value is -2.53. The molecule has 1 aromatic heterocycles. The topological polar surface area (TPSA) is 41.0 Å². The van der Waals surface area contributed by atoms with E-state index in [0.29, 0.717) is 5.11 Å². The smallest absolute Gasteiger partial charge is 0.177 e. The van der Waals surface area contributed by atoms with Crippen LogP contribution in [0.1, 0.15) is 22.5 Å². The lowest BCUT2D eigenvalue weighted by atomic mass is 10.1. The fourth-order valence-corrected chi connectivity index (χ4v) is 2.79. The van der Waals surface area contributed by atoms with Crippen LogP contribution in [0.2, 0.25) is 0 Å². The van der Waals surface area contributed by atoms with Crippen LogP contribution in [-0.4, -0.2) is 22.1 Å². The minimum atomic E-state index is 0.638. The Kier molecular flexibility index (Phi) is 4.68. The van der Waals surface area contributed by atoms with Crippen molar-refractivity contribution in [1.29, 1.82) is 0 Å². The van der Waals surface area contributed by atoms with E-state index in [4.69, 9.17) is 12.2 Å². The van der Waals surface area contributed by atoms with Gasteiger partial charge in [-0.3, -0.25) is 0 Å². The van der Waals surface area contributed by atoms with E-state index in [0.717, 1.165) is 33.8 Å². The van der Waals surface area contributed by atoms with Crippen molar-refractivity contribution in [3.05, 3.63) is 58.9 Å². The lowest BCUT2D eigenvalue weighted by molar-refractivity contribution is 1.10. The first kappa shape index (κ1) is 17.3. The first-order valence-electron chi connectivity index (χ1n) is 8.22. The van der Waals surface area contributed by atoms with Crippen molar-refractivity contribution in [3.63, 3.8) is 0 Å². The van der Waals surface area contributed by atoms with Crippen LogP contribution in [0, 0.1) is 27.7 Å². The van der Waals surface area contributed by atoms with Crippen LogP contribution in [0.4, 0.5) is 11.4 Å². The zero-order chi connectivity index (χ0) is 18.1. The molecule has 0 unspecified atom stereocenters. The fourth-order valence-electron chi connectivity index (χ4n) is 2.57. The largest absolute Gasteiger partial charge is 0.332 e. The molecule has 0 saturated heterocycles. The summed E-state index contributed by atoms with van der Waals surface area (Å²) in [6.07, 6.45) is 0. The van der Waals surface area contributed by atoms with Crippen LogP contribution in [0.3, 0.4) is 0 Å². The van der Waals surface area contributed by atoms with Gasteiger partial charge in [-0.25, -0.2) is 9.97 Å².